The lowest BCUT2D eigenvalue weighted by Gasteiger charge is -2.11. The van der Waals surface area contributed by atoms with Gasteiger partial charge in [-0.25, -0.2) is 9.97 Å². The minimum Gasteiger partial charge on any atom is -0.452 e. The highest BCUT2D eigenvalue weighted by Crippen LogP contribution is 2.37. The van der Waals surface area contributed by atoms with Crippen molar-refractivity contribution in [1.82, 2.24) is 19.9 Å². The molecule has 0 aliphatic rings. The summed E-state index contributed by atoms with van der Waals surface area (Å²) in [6.07, 6.45) is 3.50. The zero-order chi connectivity index (χ0) is 32.6. The van der Waals surface area contributed by atoms with Gasteiger partial charge >= 0.3 is 0 Å². The van der Waals surface area contributed by atoms with E-state index in [0.29, 0.717) is 11.4 Å². The first-order valence-corrected chi connectivity index (χ1v) is 16.2. The van der Waals surface area contributed by atoms with Crippen LogP contribution in [0.5, 0.6) is 0 Å². The first-order valence-electron chi connectivity index (χ1n) is 16.2. The van der Waals surface area contributed by atoms with Crippen molar-refractivity contribution in [3.05, 3.63) is 170 Å². The molecule has 0 N–H and O–H groups in total. The highest BCUT2D eigenvalue weighted by atomic mass is 16.3. The van der Waals surface area contributed by atoms with Crippen LogP contribution in [0.3, 0.4) is 0 Å². The van der Waals surface area contributed by atoms with Gasteiger partial charge in [0, 0.05) is 40.0 Å². The third kappa shape index (κ3) is 5.33. The van der Waals surface area contributed by atoms with E-state index in [0.717, 1.165) is 78.1 Å². The van der Waals surface area contributed by atoms with E-state index < -0.39 is 0 Å². The number of hydrogen-bond acceptors (Lipinski definition) is 5. The summed E-state index contributed by atoms with van der Waals surface area (Å²) in [6, 6.07) is 54.0. The van der Waals surface area contributed by atoms with Gasteiger partial charge in [0.05, 0.1) is 11.4 Å². The summed E-state index contributed by atoms with van der Waals surface area (Å²) >= 11 is 0. The van der Waals surface area contributed by atoms with Gasteiger partial charge in [0.25, 0.3) is 0 Å². The van der Waals surface area contributed by atoms with Crippen molar-refractivity contribution in [2.24, 2.45) is 0 Å². The molecule has 9 aromatic rings. The van der Waals surface area contributed by atoms with E-state index in [4.69, 9.17) is 19.4 Å². The Bertz CT molecular complexity index is 2610. The number of para-hydroxylation sites is 1. The van der Waals surface area contributed by atoms with Crippen LogP contribution in [0.2, 0.25) is 0 Å². The largest absolute Gasteiger partial charge is 0.452 e. The van der Waals surface area contributed by atoms with Crippen LogP contribution in [0.15, 0.2) is 175 Å². The SMILES string of the molecule is c1ccc(-c2nccnc2-c2cccc(-c3cccc(-c4cccc(-c5nc(-c6ccccc6)c6oc7ccccc7c6n5)c4)c3)c2)cc1. The van der Waals surface area contributed by atoms with Crippen molar-refractivity contribution >= 4 is 22.1 Å². The van der Waals surface area contributed by atoms with E-state index in [2.05, 4.69) is 108 Å². The zero-order valence-electron chi connectivity index (χ0n) is 26.4. The van der Waals surface area contributed by atoms with Crippen LogP contribution < -0.4 is 0 Å². The van der Waals surface area contributed by atoms with Gasteiger partial charge in [-0.05, 0) is 52.6 Å². The van der Waals surface area contributed by atoms with Crippen LogP contribution in [0, 0.1) is 0 Å². The quantitative estimate of drug-likeness (QED) is 0.183. The molecule has 3 heterocycles. The number of furan rings is 1. The molecule has 0 amide bonds. The molecule has 5 heteroatoms. The minimum absolute atomic E-state index is 0.654. The van der Waals surface area contributed by atoms with Gasteiger partial charge in [-0.15, -0.1) is 0 Å². The molecule has 0 unspecified atom stereocenters. The topological polar surface area (TPSA) is 64.7 Å². The van der Waals surface area contributed by atoms with Crippen LogP contribution in [0.4, 0.5) is 0 Å². The van der Waals surface area contributed by atoms with Gasteiger partial charge in [-0.2, -0.15) is 0 Å². The normalized spacial score (nSPS) is 11.3. The van der Waals surface area contributed by atoms with E-state index in [9.17, 15) is 0 Å². The highest BCUT2D eigenvalue weighted by Gasteiger charge is 2.18. The summed E-state index contributed by atoms with van der Waals surface area (Å²) in [5, 5.41) is 0.974. The first-order chi connectivity index (χ1) is 24.3. The third-order valence-electron chi connectivity index (χ3n) is 8.80. The maximum Gasteiger partial charge on any atom is 0.180 e. The number of fused-ring (bicyclic) bond motifs is 3. The summed E-state index contributed by atoms with van der Waals surface area (Å²) in [4.78, 5) is 19.6. The van der Waals surface area contributed by atoms with Gasteiger partial charge in [0.1, 0.15) is 16.8 Å². The molecule has 0 saturated heterocycles. The Morgan fingerprint density at radius 3 is 1.49 bits per heavy atom. The number of nitrogens with zero attached hydrogens (tertiary/aromatic N) is 4. The van der Waals surface area contributed by atoms with Crippen LogP contribution in [0.25, 0.3) is 89.5 Å². The smallest absolute Gasteiger partial charge is 0.180 e. The molecule has 0 bridgehead atoms. The Morgan fingerprint density at radius 2 is 0.837 bits per heavy atom. The summed E-state index contributed by atoms with van der Waals surface area (Å²) < 4.78 is 6.31. The fourth-order valence-corrected chi connectivity index (χ4v) is 6.43. The maximum absolute atomic E-state index is 6.31. The van der Waals surface area contributed by atoms with Gasteiger partial charge in [-0.1, -0.05) is 127 Å². The second-order valence-corrected chi connectivity index (χ2v) is 11.9. The fraction of sp³-hybridized carbons (Fsp3) is 0. The first kappa shape index (κ1) is 28.5. The van der Waals surface area contributed by atoms with Gasteiger partial charge < -0.3 is 4.42 Å². The Hall–Kier alpha value is -6.72. The van der Waals surface area contributed by atoms with Crippen LogP contribution in [0.1, 0.15) is 0 Å². The molecular weight excluding hydrogens is 601 g/mol. The van der Waals surface area contributed by atoms with Crippen molar-refractivity contribution in [2.75, 3.05) is 0 Å². The van der Waals surface area contributed by atoms with Gasteiger partial charge in [0.2, 0.25) is 0 Å². The molecule has 5 nitrogen and oxygen atoms in total. The molecule has 6 aromatic carbocycles. The van der Waals surface area contributed by atoms with E-state index >= 15 is 0 Å². The predicted octanol–water partition coefficient (Wildman–Crippen LogP) is 11.2. The molecule has 0 spiro atoms. The molecule has 49 heavy (non-hydrogen) atoms. The average Bonchev–Trinajstić information content (AvgIpc) is 3.57. The fourth-order valence-electron chi connectivity index (χ4n) is 6.43. The average molecular weight is 629 g/mol. The number of aromatic nitrogens is 4. The molecule has 0 atom stereocenters. The van der Waals surface area contributed by atoms with E-state index in [1.54, 1.807) is 12.4 Å². The molecule has 9 rings (SSSR count). The molecule has 3 aromatic heterocycles. The molecule has 0 fully saturated rings. The Morgan fingerprint density at radius 1 is 0.367 bits per heavy atom. The van der Waals surface area contributed by atoms with Crippen LogP contribution >= 0.6 is 0 Å². The highest BCUT2D eigenvalue weighted by molar-refractivity contribution is 6.07. The monoisotopic (exact) mass is 628 g/mol. The maximum atomic E-state index is 6.31. The molecular formula is C44H28N4O. The second kappa shape index (κ2) is 12.1. The lowest BCUT2D eigenvalue weighted by molar-refractivity contribution is 0.667. The Balaban J connectivity index is 1.11. The molecule has 0 radical (unpaired) electrons. The van der Waals surface area contributed by atoms with E-state index in [1.165, 1.54) is 0 Å². The van der Waals surface area contributed by atoms with Crippen molar-refractivity contribution < 1.29 is 4.42 Å². The molecule has 0 saturated carbocycles. The number of benzene rings is 6. The number of hydrogen-bond donors (Lipinski definition) is 0. The summed E-state index contributed by atoms with van der Waals surface area (Å²) in [5.41, 5.74) is 13.2. The zero-order valence-corrected chi connectivity index (χ0v) is 26.4. The van der Waals surface area contributed by atoms with Crippen molar-refractivity contribution in [1.29, 1.82) is 0 Å². The van der Waals surface area contributed by atoms with Crippen molar-refractivity contribution in [2.45, 2.75) is 0 Å². The summed E-state index contributed by atoms with van der Waals surface area (Å²) in [7, 11) is 0. The predicted molar refractivity (Wildman–Crippen MR) is 198 cm³/mol. The molecule has 230 valence electrons. The van der Waals surface area contributed by atoms with E-state index in [1.807, 2.05) is 54.6 Å². The third-order valence-corrected chi connectivity index (χ3v) is 8.80. The second-order valence-electron chi connectivity index (χ2n) is 11.9. The Kier molecular flexibility index (Phi) is 7.06. The Labute approximate surface area is 283 Å². The summed E-state index contributed by atoms with van der Waals surface area (Å²) in [5.74, 6) is 0.654. The molecule has 0 aliphatic carbocycles. The minimum atomic E-state index is 0.654. The molecule has 0 aliphatic heterocycles. The van der Waals surface area contributed by atoms with Crippen LogP contribution in [-0.4, -0.2) is 19.9 Å². The number of rotatable bonds is 6. The van der Waals surface area contributed by atoms with Gasteiger partial charge in [-0.3, -0.25) is 9.97 Å². The van der Waals surface area contributed by atoms with Gasteiger partial charge in [0.15, 0.2) is 11.4 Å². The lowest BCUT2D eigenvalue weighted by atomic mass is 9.96. The van der Waals surface area contributed by atoms with Crippen LogP contribution in [-0.2, 0) is 0 Å². The van der Waals surface area contributed by atoms with Crippen molar-refractivity contribution in [3.8, 4) is 67.4 Å². The lowest BCUT2D eigenvalue weighted by Crippen LogP contribution is -1.94. The van der Waals surface area contributed by atoms with Crippen molar-refractivity contribution in [3.63, 3.8) is 0 Å². The van der Waals surface area contributed by atoms with E-state index in [-0.39, 0.29) is 0 Å². The summed E-state index contributed by atoms with van der Waals surface area (Å²) in [6.45, 7) is 0. The standard InChI is InChI=1S/C44H28N4O/c1-3-12-29(13-4-1)39-40(46-25-24-45-39)35-20-10-18-33(27-35)31-16-9-17-32(26-31)34-19-11-21-36(28-34)44-47-41(30-14-5-2-6-15-30)43-42(48-44)37-22-7-8-23-38(37)49-43/h1-28H.